The van der Waals surface area contributed by atoms with E-state index >= 15 is 0 Å². The molecular weight excluding hydrogens is 201 g/mol. The van der Waals surface area contributed by atoms with E-state index in [4.69, 9.17) is 0 Å². The summed E-state index contributed by atoms with van der Waals surface area (Å²) in [6.45, 7) is 14.0. The third-order valence-corrected chi connectivity index (χ3v) is 1.53. The van der Waals surface area contributed by atoms with Gasteiger partial charge in [-0.05, 0) is 27.2 Å². The van der Waals surface area contributed by atoms with Gasteiger partial charge in [-0.2, -0.15) is 13.2 Å². The molecule has 0 aliphatic heterocycles. The number of alkyl halides is 3. The van der Waals surface area contributed by atoms with Gasteiger partial charge in [-0.3, -0.25) is 0 Å². The van der Waals surface area contributed by atoms with Crippen LogP contribution in [-0.2, 0) is 0 Å². The Bertz CT molecular complexity index is 176. The molecule has 0 aliphatic rings. The monoisotopic (exact) mass is 224 g/mol. The molecule has 0 nitrogen and oxygen atoms in total. The summed E-state index contributed by atoms with van der Waals surface area (Å²) >= 11 is 0. The van der Waals surface area contributed by atoms with Gasteiger partial charge in [0, 0.05) is 5.57 Å². The van der Waals surface area contributed by atoms with Crippen LogP contribution in [-0.4, -0.2) is 6.18 Å². The van der Waals surface area contributed by atoms with E-state index < -0.39 is 11.7 Å². The highest BCUT2D eigenvalue weighted by atomic mass is 19.4. The second-order valence-corrected chi connectivity index (χ2v) is 2.77. The molecular formula is C12H23F3. The van der Waals surface area contributed by atoms with Crippen molar-refractivity contribution in [3.05, 3.63) is 23.8 Å². The zero-order valence-electron chi connectivity index (χ0n) is 10.6. The first-order chi connectivity index (χ1) is 6.75. The Balaban J connectivity index is -0.000000166. The van der Waals surface area contributed by atoms with Crippen LogP contribution in [0.25, 0.3) is 0 Å². The first-order valence-corrected chi connectivity index (χ1v) is 5.10. The maximum absolute atomic E-state index is 11.1. The van der Waals surface area contributed by atoms with Crippen molar-refractivity contribution in [2.24, 2.45) is 0 Å². The smallest absolute Gasteiger partial charge is 0.167 e. The summed E-state index contributed by atoms with van der Waals surface area (Å²) in [7, 11) is 0. The van der Waals surface area contributed by atoms with Crippen molar-refractivity contribution in [1.29, 1.82) is 0 Å². The molecule has 3 heteroatoms. The molecule has 0 saturated carbocycles. The number of allylic oxidation sites excluding steroid dienone is 3. The fourth-order valence-electron chi connectivity index (χ4n) is 0.204. The predicted molar refractivity (Wildman–Crippen MR) is 61.9 cm³/mol. The Kier molecular flexibility index (Phi) is 15.0. The van der Waals surface area contributed by atoms with E-state index in [0.29, 0.717) is 0 Å². The van der Waals surface area contributed by atoms with Crippen molar-refractivity contribution in [2.75, 3.05) is 0 Å². The Morgan fingerprint density at radius 1 is 1.20 bits per heavy atom. The van der Waals surface area contributed by atoms with Gasteiger partial charge >= 0.3 is 6.18 Å². The SMILES string of the molecule is C/C=C(\C)CC.C=C(C)C(F)(F)F.CC. The lowest BCUT2D eigenvalue weighted by molar-refractivity contribution is -0.0909. The lowest BCUT2D eigenvalue weighted by atomic mass is 10.2. The van der Waals surface area contributed by atoms with E-state index in [1.165, 1.54) is 12.0 Å². The van der Waals surface area contributed by atoms with E-state index in [1.807, 2.05) is 13.8 Å². The molecule has 0 spiro atoms. The minimum Gasteiger partial charge on any atom is -0.167 e. The zero-order chi connectivity index (χ0) is 13.1. The molecule has 0 N–H and O–H groups in total. The van der Waals surface area contributed by atoms with Crippen LogP contribution in [0.1, 0.15) is 48.0 Å². The van der Waals surface area contributed by atoms with Gasteiger partial charge in [-0.25, -0.2) is 0 Å². The second kappa shape index (κ2) is 11.3. The van der Waals surface area contributed by atoms with Crippen molar-refractivity contribution >= 4 is 0 Å². The van der Waals surface area contributed by atoms with Gasteiger partial charge in [0.15, 0.2) is 0 Å². The summed E-state index contributed by atoms with van der Waals surface area (Å²) < 4.78 is 33.2. The molecule has 0 radical (unpaired) electrons. The fourth-order valence-corrected chi connectivity index (χ4v) is 0.204. The summed E-state index contributed by atoms with van der Waals surface area (Å²) in [4.78, 5) is 0. The van der Waals surface area contributed by atoms with Crippen LogP contribution in [0.5, 0.6) is 0 Å². The van der Waals surface area contributed by atoms with Crippen LogP contribution in [0.3, 0.4) is 0 Å². The van der Waals surface area contributed by atoms with Gasteiger partial charge in [0.25, 0.3) is 0 Å². The molecule has 0 fully saturated rings. The summed E-state index contributed by atoms with van der Waals surface area (Å²) in [5.41, 5.74) is 0.711. The van der Waals surface area contributed by atoms with E-state index in [-0.39, 0.29) is 0 Å². The standard InChI is InChI=1S/C6H12.C4H5F3.C2H6/c1-4-6(3)5-2;1-3(2)4(5,6)7;1-2/h4H,5H2,1-3H3;1H2,2H3;1-2H3/b6-4+;;. The molecule has 0 aromatic carbocycles. The van der Waals surface area contributed by atoms with Gasteiger partial charge in [0.1, 0.15) is 0 Å². The third kappa shape index (κ3) is 19.6. The average molecular weight is 224 g/mol. The molecule has 15 heavy (non-hydrogen) atoms. The second-order valence-electron chi connectivity index (χ2n) is 2.77. The number of rotatable bonds is 1. The Morgan fingerprint density at radius 2 is 1.47 bits per heavy atom. The van der Waals surface area contributed by atoms with Crippen LogP contribution >= 0.6 is 0 Å². The molecule has 0 amide bonds. The number of hydrogen-bond acceptors (Lipinski definition) is 0. The Labute approximate surface area is 91.9 Å². The molecule has 0 heterocycles. The summed E-state index contributed by atoms with van der Waals surface area (Å²) in [6, 6.07) is 0. The fraction of sp³-hybridized carbons (Fsp3) is 0.667. The van der Waals surface area contributed by atoms with E-state index in [1.54, 1.807) is 0 Å². The van der Waals surface area contributed by atoms with Crippen molar-refractivity contribution in [1.82, 2.24) is 0 Å². The van der Waals surface area contributed by atoms with Crippen molar-refractivity contribution in [3.63, 3.8) is 0 Å². The van der Waals surface area contributed by atoms with Gasteiger partial charge in [-0.1, -0.05) is 39.0 Å². The maximum Gasteiger partial charge on any atom is 0.411 e. The normalized spacial score (nSPS) is 10.6. The van der Waals surface area contributed by atoms with E-state index in [9.17, 15) is 13.2 Å². The third-order valence-electron chi connectivity index (χ3n) is 1.53. The first kappa shape index (κ1) is 19.8. The highest BCUT2D eigenvalue weighted by Gasteiger charge is 2.27. The Hall–Kier alpha value is -0.730. The van der Waals surface area contributed by atoms with Gasteiger partial charge < -0.3 is 0 Å². The van der Waals surface area contributed by atoms with Crippen LogP contribution in [0.2, 0.25) is 0 Å². The largest absolute Gasteiger partial charge is 0.411 e. The summed E-state index contributed by atoms with van der Waals surface area (Å²) in [5, 5.41) is 0. The average Bonchev–Trinajstić information content (AvgIpc) is 2.19. The first-order valence-electron chi connectivity index (χ1n) is 5.10. The molecule has 0 aliphatic carbocycles. The summed E-state index contributed by atoms with van der Waals surface area (Å²) in [6.07, 6.45) is -0.865. The van der Waals surface area contributed by atoms with Crippen LogP contribution < -0.4 is 0 Å². The Morgan fingerprint density at radius 3 is 1.47 bits per heavy atom. The zero-order valence-corrected chi connectivity index (χ0v) is 10.6. The van der Waals surface area contributed by atoms with E-state index in [0.717, 1.165) is 6.92 Å². The lowest BCUT2D eigenvalue weighted by Gasteiger charge is -2.01. The summed E-state index contributed by atoms with van der Waals surface area (Å²) in [5.74, 6) is 0. The lowest BCUT2D eigenvalue weighted by Crippen LogP contribution is -2.06. The van der Waals surface area contributed by atoms with Crippen LogP contribution in [0.15, 0.2) is 23.8 Å². The molecule has 0 rings (SSSR count). The molecule has 0 aromatic heterocycles. The molecule has 92 valence electrons. The van der Waals surface area contributed by atoms with Crippen molar-refractivity contribution < 1.29 is 13.2 Å². The molecule has 0 aromatic rings. The van der Waals surface area contributed by atoms with Crippen LogP contribution in [0, 0.1) is 0 Å². The minimum absolute atomic E-state index is 0.757. The minimum atomic E-state index is -4.19. The highest BCUT2D eigenvalue weighted by molar-refractivity contribution is 4.96. The molecule has 0 atom stereocenters. The van der Waals surface area contributed by atoms with Crippen LogP contribution in [0.4, 0.5) is 13.2 Å². The van der Waals surface area contributed by atoms with Gasteiger partial charge in [0.2, 0.25) is 0 Å². The topological polar surface area (TPSA) is 0 Å². The quantitative estimate of drug-likeness (QED) is 0.515. The highest BCUT2D eigenvalue weighted by Crippen LogP contribution is 2.22. The van der Waals surface area contributed by atoms with Gasteiger partial charge in [0.05, 0.1) is 0 Å². The maximum atomic E-state index is 11.1. The van der Waals surface area contributed by atoms with Crippen molar-refractivity contribution in [3.8, 4) is 0 Å². The number of hydrogen-bond donors (Lipinski definition) is 0. The number of halogens is 3. The molecule has 0 bridgehead atoms. The van der Waals surface area contributed by atoms with Gasteiger partial charge in [-0.15, -0.1) is 0 Å². The van der Waals surface area contributed by atoms with Crippen molar-refractivity contribution in [2.45, 2.75) is 54.1 Å². The van der Waals surface area contributed by atoms with E-state index in [2.05, 4.69) is 33.4 Å². The molecule has 0 saturated heterocycles. The molecule has 0 unspecified atom stereocenters. The predicted octanol–water partition coefficient (Wildman–Crippen LogP) is 5.51.